The molecule has 0 aromatic carbocycles. The van der Waals surface area contributed by atoms with Crippen LogP contribution in [0.2, 0.25) is 0 Å². The van der Waals surface area contributed by atoms with E-state index in [4.69, 9.17) is 0 Å². The summed E-state index contributed by atoms with van der Waals surface area (Å²) >= 11 is 0. The molecule has 0 saturated carbocycles. The van der Waals surface area contributed by atoms with Crippen molar-refractivity contribution in [3.05, 3.63) is 0 Å². The summed E-state index contributed by atoms with van der Waals surface area (Å²) in [5.74, 6) is -0.0465. The fraction of sp³-hybridized carbons (Fsp3) is 0.833. The van der Waals surface area contributed by atoms with E-state index in [-0.39, 0.29) is 23.8 Å². The predicted octanol–water partition coefficient (Wildman–Crippen LogP) is -0.0294. The van der Waals surface area contributed by atoms with Crippen molar-refractivity contribution in [2.45, 2.75) is 27.2 Å². The Kier molecular flexibility index (Phi) is 4.93. The molecule has 0 bridgehead atoms. The van der Waals surface area contributed by atoms with Crippen LogP contribution in [0, 0.1) is 5.41 Å². The molecule has 1 rings (SSSR count). The molecule has 0 spiro atoms. The van der Waals surface area contributed by atoms with Crippen LogP contribution in [0.5, 0.6) is 0 Å². The van der Waals surface area contributed by atoms with Crippen LogP contribution in [0.1, 0.15) is 27.2 Å². The predicted molar refractivity (Wildman–Crippen MR) is 66.5 cm³/mol. The summed E-state index contributed by atoms with van der Waals surface area (Å²) in [5.41, 5.74) is -0.0395. The van der Waals surface area contributed by atoms with Gasteiger partial charge in [0.1, 0.15) is 0 Å². The van der Waals surface area contributed by atoms with Gasteiger partial charge in [0.2, 0.25) is 11.8 Å². The van der Waals surface area contributed by atoms with Gasteiger partial charge in [-0.3, -0.25) is 9.59 Å². The van der Waals surface area contributed by atoms with Crippen molar-refractivity contribution in [3.8, 4) is 0 Å². The van der Waals surface area contributed by atoms with E-state index >= 15 is 0 Å². The van der Waals surface area contributed by atoms with Crippen LogP contribution in [0.4, 0.5) is 0 Å². The minimum atomic E-state index is -0.0546. The van der Waals surface area contributed by atoms with Crippen LogP contribution < -0.4 is 10.6 Å². The number of hydrogen-bond acceptors (Lipinski definition) is 3. The van der Waals surface area contributed by atoms with E-state index in [1.54, 1.807) is 4.90 Å². The molecule has 0 aromatic heterocycles. The SMILES string of the molecule is CC(C)(C)CC(=O)NCC(=O)N1CCNCC1. The maximum absolute atomic E-state index is 11.8. The fourth-order valence-corrected chi connectivity index (χ4v) is 1.74. The first-order valence-electron chi connectivity index (χ1n) is 6.14. The van der Waals surface area contributed by atoms with Crippen LogP contribution in [0.3, 0.4) is 0 Å². The quantitative estimate of drug-likeness (QED) is 0.729. The lowest BCUT2D eigenvalue weighted by molar-refractivity contribution is -0.133. The minimum absolute atomic E-state index is 0.00811. The van der Waals surface area contributed by atoms with Crippen molar-refractivity contribution in [1.82, 2.24) is 15.5 Å². The summed E-state index contributed by atoms with van der Waals surface area (Å²) in [6.45, 7) is 9.26. The molecular weight excluding hydrogens is 218 g/mol. The van der Waals surface area contributed by atoms with Crippen LogP contribution in [0.25, 0.3) is 0 Å². The smallest absolute Gasteiger partial charge is 0.242 e. The highest BCUT2D eigenvalue weighted by Gasteiger charge is 2.19. The first kappa shape index (κ1) is 14.0. The van der Waals surface area contributed by atoms with Gasteiger partial charge >= 0.3 is 0 Å². The van der Waals surface area contributed by atoms with Gasteiger partial charge in [-0.1, -0.05) is 20.8 Å². The Morgan fingerprint density at radius 1 is 1.24 bits per heavy atom. The van der Waals surface area contributed by atoms with Crippen molar-refractivity contribution >= 4 is 11.8 Å². The second-order valence-electron chi connectivity index (χ2n) is 5.64. The third kappa shape index (κ3) is 5.68. The number of amides is 2. The molecule has 2 N–H and O–H groups in total. The van der Waals surface area contributed by atoms with E-state index in [9.17, 15) is 9.59 Å². The monoisotopic (exact) mass is 241 g/mol. The first-order chi connectivity index (χ1) is 7.88. The molecule has 1 heterocycles. The number of carbonyl (C=O) groups is 2. The van der Waals surface area contributed by atoms with E-state index in [1.807, 2.05) is 20.8 Å². The van der Waals surface area contributed by atoms with Gasteiger partial charge in [-0.2, -0.15) is 0 Å². The summed E-state index contributed by atoms with van der Waals surface area (Å²) in [7, 11) is 0. The second kappa shape index (κ2) is 6.00. The summed E-state index contributed by atoms with van der Waals surface area (Å²) in [5, 5.41) is 5.87. The highest BCUT2D eigenvalue weighted by atomic mass is 16.2. The third-order valence-electron chi connectivity index (χ3n) is 2.60. The standard InChI is InChI=1S/C12H23N3O2/c1-12(2,3)8-10(16)14-9-11(17)15-6-4-13-5-7-15/h13H,4-9H2,1-3H3,(H,14,16). The van der Waals surface area contributed by atoms with Gasteiger partial charge in [0.15, 0.2) is 0 Å². The Balaban J connectivity index is 2.25. The van der Waals surface area contributed by atoms with E-state index in [1.165, 1.54) is 0 Å². The molecule has 0 unspecified atom stereocenters. The molecule has 1 aliphatic heterocycles. The summed E-state index contributed by atoms with van der Waals surface area (Å²) in [4.78, 5) is 25.1. The zero-order valence-corrected chi connectivity index (χ0v) is 11.0. The summed E-state index contributed by atoms with van der Waals surface area (Å²) < 4.78 is 0. The van der Waals surface area contributed by atoms with E-state index < -0.39 is 0 Å². The third-order valence-corrected chi connectivity index (χ3v) is 2.60. The number of nitrogens with one attached hydrogen (secondary N) is 2. The van der Waals surface area contributed by atoms with E-state index in [0.717, 1.165) is 26.2 Å². The van der Waals surface area contributed by atoms with Crippen molar-refractivity contribution in [2.75, 3.05) is 32.7 Å². The van der Waals surface area contributed by atoms with Crippen molar-refractivity contribution < 1.29 is 9.59 Å². The van der Waals surface area contributed by atoms with Crippen LogP contribution in [-0.2, 0) is 9.59 Å². The van der Waals surface area contributed by atoms with Gasteiger partial charge in [-0.25, -0.2) is 0 Å². The average Bonchev–Trinajstić information content (AvgIpc) is 2.25. The molecule has 0 radical (unpaired) electrons. The van der Waals surface area contributed by atoms with E-state index in [0.29, 0.717) is 6.42 Å². The van der Waals surface area contributed by atoms with Crippen molar-refractivity contribution in [1.29, 1.82) is 0 Å². The molecule has 5 heteroatoms. The highest BCUT2D eigenvalue weighted by Crippen LogP contribution is 2.17. The van der Waals surface area contributed by atoms with Gasteiger partial charge in [-0.05, 0) is 5.41 Å². The van der Waals surface area contributed by atoms with E-state index in [2.05, 4.69) is 10.6 Å². The molecule has 98 valence electrons. The van der Waals surface area contributed by atoms with Crippen molar-refractivity contribution in [3.63, 3.8) is 0 Å². The summed E-state index contributed by atoms with van der Waals surface area (Å²) in [6.07, 6.45) is 0.446. The zero-order chi connectivity index (χ0) is 12.9. The number of piperazine rings is 1. The number of hydrogen-bond donors (Lipinski definition) is 2. The second-order valence-corrected chi connectivity index (χ2v) is 5.64. The number of nitrogens with zero attached hydrogens (tertiary/aromatic N) is 1. The maximum Gasteiger partial charge on any atom is 0.242 e. The lowest BCUT2D eigenvalue weighted by Crippen LogP contribution is -2.49. The molecule has 0 aromatic rings. The molecule has 1 aliphatic rings. The van der Waals surface area contributed by atoms with Gasteiger partial charge in [-0.15, -0.1) is 0 Å². The fourth-order valence-electron chi connectivity index (χ4n) is 1.74. The zero-order valence-electron chi connectivity index (χ0n) is 11.0. The van der Waals surface area contributed by atoms with Gasteiger partial charge in [0.25, 0.3) is 0 Å². The largest absolute Gasteiger partial charge is 0.347 e. The van der Waals surface area contributed by atoms with Gasteiger partial charge in [0, 0.05) is 32.6 Å². The lowest BCUT2D eigenvalue weighted by Gasteiger charge is -2.27. The minimum Gasteiger partial charge on any atom is -0.347 e. The Morgan fingerprint density at radius 3 is 2.35 bits per heavy atom. The normalized spacial score (nSPS) is 16.8. The Morgan fingerprint density at radius 2 is 1.82 bits per heavy atom. The Labute approximate surface area is 103 Å². The number of carbonyl (C=O) groups excluding carboxylic acids is 2. The van der Waals surface area contributed by atoms with Crippen LogP contribution in [0.15, 0.2) is 0 Å². The molecule has 17 heavy (non-hydrogen) atoms. The van der Waals surface area contributed by atoms with Crippen molar-refractivity contribution in [2.24, 2.45) is 5.41 Å². The average molecular weight is 241 g/mol. The van der Waals surface area contributed by atoms with Gasteiger partial charge in [0.05, 0.1) is 6.54 Å². The molecule has 1 fully saturated rings. The van der Waals surface area contributed by atoms with Crippen LogP contribution in [-0.4, -0.2) is 49.4 Å². The maximum atomic E-state index is 11.8. The molecule has 0 aliphatic carbocycles. The molecule has 5 nitrogen and oxygen atoms in total. The summed E-state index contributed by atoms with van der Waals surface area (Å²) in [6, 6.07) is 0. The first-order valence-corrected chi connectivity index (χ1v) is 6.14. The Hall–Kier alpha value is -1.10. The molecule has 2 amide bonds. The molecule has 0 atom stereocenters. The molecule has 1 saturated heterocycles. The highest BCUT2D eigenvalue weighted by molar-refractivity contribution is 5.85. The van der Waals surface area contributed by atoms with Gasteiger partial charge < -0.3 is 15.5 Å². The van der Waals surface area contributed by atoms with Crippen LogP contribution >= 0.6 is 0 Å². The number of rotatable bonds is 3. The Bertz CT molecular complexity index is 278. The topological polar surface area (TPSA) is 61.4 Å². The lowest BCUT2D eigenvalue weighted by atomic mass is 9.92. The molecular formula is C12H23N3O2.